The molecule has 5 nitrogen and oxygen atoms in total. The topological polar surface area (TPSA) is 70.1 Å². The van der Waals surface area contributed by atoms with Crippen molar-refractivity contribution in [2.45, 2.75) is 46.5 Å². The van der Waals surface area contributed by atoms with E-state index in [0.717, 1.165) is 31.4 Å². The second-order valence-corrected chi connectivity index (χ2v) is 4.03. The first-order chi connectivity index (χ1) is 8.15. The molecule has 0 aliphatic heterocycles. The number of aromatic nitrogens is 2. The first-order valence-electron chi connectivity index (χ1n) is 6.05. The van der Waals surface area contributed by atoms with E-state index in [9.17, 15) is 4.79 Å². The number of rotatable bonds is 6. The molecule has 0 unspecified atom stereocenters. The number of H-pyrrole nitrogens is 1. The summed E-state index contributed by atoms with van der Waals surface area (Å²) < 4.78 is 0. The van der Waals surface area contributed by atoms with Crippen LogP contribution in [0.4, 0.5) is 5.95 Å². The third kappa shape index (κ3) is 4.80. The average molecular weight is 236 g/mol. The van der Waals surface area contributed by atoms with Gasteiger partial charge in [-0.05, 0) is 19.8 Å². The average Bonchev–Trinajstić information content (AvgIpc) is 2.25. The molecule has 0 amide bonds. The van der Waals surface area contributed by atoms with E-state index in [1.54, 1.807) is 6.92 Å². The highest BCUT2D eigenvalue weighted by molar-refractivity contribution is 5.84. The van der Waals surface area contributed by atoms with Crippen LogP contribution in [0.25, 0.3) is 0 Å². The lowest BCUT2D eigenvalue weighted by atomic mass is 10.1. The number of anilines is 1. The highest BCUT2D eigenvalue weighted by Crippen LogP contribution is 2.02. The van der Waals surface area contributed by atoms with Gasteiger partial charge in [0.25, 0.3) is 5.56 Å². The van der Waals surface area contributed by atoms with Crippen LogP contribution in [-0.4, -0.2) is 15.7 Å². The summed E-state index contributed by atoms with van der Waals surface area (Å²) in [5.41, 5.74) is 4.44. The third-order valence-corrected chi connectivity index (χ3v) is 2.27. The van der Waals surface area contributed by atoms with Gasteiger partial charge in [0.1, 0.15) is 0 Å². The van der Waals surface area contributed by atoms with Crippen LogP contribution in [-0.2, 0) is 0 Å². The van der Waals surface area contributed by atoms with Gasteiger partial charge in [0.05, 0.1) is 0 Å². The van der Waals surface area contributed by atoms with E-state index in [0.29, 0.717) is 11.6 Å². The molecule has 0 aliphatic carbocycles. The van der Waals surface area contributed by atoms with Crippen molar-refractivity contribution < 1.29 is 0 Å². The van der Waals surface area contributed by atoms with Crippen LogP contribution in [0.3, 0.4) is 0 Å². The molecule has 17 heavy (non-hydrogen) atoms. The maximum absolute atomic E-state index is 11.2. The van der Waals surface area contributed by atoms with E-state index in [2.05, 4.69) is 34.3 Å². The van der Waals surface area contributed by atoms with Crippen molar-refractivity contribution in [3.63, 3.8) is 0 Å². The molecule has 94 valence electrons. The highest BCUT2D eigenvalue weighted by atomic mass is 16.1. The van der Waals surface area contributed by atoms with Gasteiger partial charge in [-0.25, -0.2) is 10.4 Å². The predicted octanol–water partition coefficient (Wildman–Crippen LogP) is 2.45. The Morgan fingerprint density at radius 2 is 2.06 bits per heavy atom. The van der Waals surface area contributed by atoms with Crippen LogP contribution in [0.15, 0.2) is 16.0 Å². The fraction of sp³-hybridized carbons (Fsp3) is 0.583. The van der Waals surface area contributed by atoms with Crippen LogP contribution < -0.4 is 11.0 Å². The quantitative estimate of drug-likeness (QED) is 0.588. The van der Waals surface area contributed by atoms with E-state index in [-0.39, 0.29) is 5.56 Å². The van der Waals surface area contributed by atoms with Gasteiger partial charge in [-0.1, -0.05) is 26.7 Å². The fourth-order valence-electron chi connectivity index (χ4n) is 1.58. The number of nitrogens with zero attached hydrogens (tertiary/aromatic N) is 2. The molecule has 2 N–H and O–H groups in total. The molecular weight excluding hydrogens is 216 g/mol. The smallest absolute Gasteiger partial charge is 0.252 e. The Morgan fingerprint density at radius 1 is 1.41 bits per heavy atom. The van der Waals surface area contributed by atoms with E-state index in [4.69, 9.17) is 0 Å². The van der Waals surface area contributed by atoms with E-state index in [1.165, 1.54) is 6.07 Å². The zero-order chi connectivity index (χ0) is 12.7. The van der Waals surface area contributed by atoms with Crippen LogP contribution >= 0.6 is 0 Å². The molecule has 0 aliphatic rings. The highest BCUT2D eigenvalue weighted by Gasteiger charge is 1.99. The molecule has 5 heteroatoms. The van der Waals surface area contributed by atoms with Crippen molar-refractivity contribution in [1.82, 2.24) is 9.97 Å². The number of hydrazone groups is 1. The second-order valence-electron chi connectivity index (χ2n) is 4.03. The minimum Gasteiger partial charge on any atom is -0.291 e. The molecule has 0 spiro atoms. The summed E-state index contributed by atoms with van der Waals surface area (Å²) in [5.74, 6) is 0.403. The summed E-state index contributed by atoms with van der Waals surface area (Å²) in [4.78, 5) is 18.0. The number of aromatic amines is 1. The molecule has 0 saturated heterocycles. The summed E-state index contributed by atoms with van der Waals surface area (Å²) in [6, 6.07) is 1.45. The number of aryl methyl sites for hydroxylation is 1. The van der Waals surface area contributed by atoms with Gasteiger partial charge in [0, 0.05) is 17.5 Å². The first-order valence-corrected chi connectivity index (χ1v) is 6.05. The maximum Gasteiger partial charge on any atom is 0.252 e. The number of nitrogens with one attached hydrogen (secondary N) is 2. The van der Waals surface area contributed by atoms with Gasteiger partial charge >= 0.3 is 0 Å². The zero-order valence-electron chi connectivity index (χ0n) is 10.7. The fourth-order valence-corrected chi connectivity index (χ4v) is 1.58. The lowest BCUT2D eigenvalue weighted by Crippen LogP contribution is -2.11. The summed E-state index contributed by atoms with van der Waals surface area (Å²) in [7, 11) is 0. The van der Waals surface area contributed by atoms with Crippen molar-refractivity contribution in [1.29, 1.82) is 0 Å². The predicted molar refractivity (Wildman–Crippen MR) is 70.5 cm³/mol. The summed E-state index contributed by atoms with van der Waals surface area (Å²) in [5, 5.41) is 4.29. The van der Waals surface area contributed by atoms with Crippen molar-refractivity contribution >= 4 is 11.7 Å². The van der Waals surface area contributed by atoms with Gasteiger partial charge in [-0.2, -0.15) is 5.10 Å². The van der Waals surface area contributed by atoms with Gasteiger partial charge in [-0.3, -0.25) is 9.78 Å². The Hall–Kier alpha value is -1.65. The molecule has 0 aromatic carbocycles. The van der Waals surface area contributed by atoms with E-state index in [1.807, 2.05) is 0 Å². The molecule has 1 aromatic heterocycles. The molecule has 0 fully saturated rings. The van der Waals surface area contributed by atoms with Gasteiger partial charge in [0.2, 0.25) is 5.95 Å². The lowest BCUT2D eigenvalue weighted by molar-refractivity contribution is 0.905. The summed E-state index contributed by atoms with van der Waals surface area (Å²) in [6.07, 6.45) is 4.07. The minimum atomic E-state index is -0.164. The SMILES string of the molecule is CCCC(CCC)=NNc1nc(C)cc(=O)[nH]1. The van der Waals surface area contributed by atoms with Crippen molar-refractivity contribution in [2.75, 3.05) is 5.43 Å². The van der Waals surface area contributed by atoms with E-state index >= 15 is 0 Å². The largest absolute Gasteiger partial charge is 0.291 e. The third-order valence-electron chi connectivity index (χ3n) is 2.27. The van der Waals surface area contributed by atoms with E-state index < -0.39 is 0 Å². The van der Waals surface area contributed by atoms with Crippen molar-refractivity contribution in [2.24, 2.45) is 5.10 Å². The molecule has 1 heterocycles. The number of hydrogen-bond acceptors (Lipinski definition) is 4. The Bertz CT molecular complexity index is 428. The standard InChI is InChI=1S/C12H20N4O/c1-4-6-10(7-5-2)15-16-12-13-9(3)8-11(17)14-12/h8H,4-7H2,1-3H3,(H2,13,14,16,17). The second kappa shape index (κ2) is 6.83. The Kier molecular flexibility index (Phi) is 5.39. The molecule has 1 aromatic rings. The normalized spacial score (nSPS) is 10.1. The molecular formula is C12H20N4O. The molecule has 0 radical (unpaired) electrons. The summed E-state index contributed by atoms with van der Waals surface area (Å²) in [6.45, 7) is 6.03. The maximum atomic E-state index is 11.2. The van der Waals surface area contributed by atoms with Gasteiger partial charge < -0.3 is 0 Å². The monoisotopic (exact) mass is 236 g/mol. The van der Waals surface area contributed by atoms with Crippen molar-refractivity contribution in [3.8, 4) is 0 Å². The molecule has 0 atom stereocenters. The molecule has 0 saturated carbocycles. The van der Waals surface area contributed by atoms with Gasteiger partial charge in [0.15, 0.2) is 0 Å². The molecule has 1 rings (SSSR count). The van der Waals surface area contributed by atoms with Crippen molar-refractivity contribution in [3.05, 3.63) is 22.1 Å². The van der Waals surface area contributed by atoms with Gasteiger partial charge in [-0.15, -0.1) is 0 Å². The Labute approximate surface area is 101 Å². The van der Waals surface area contributed by atoms with Crippen LogP contribution in [0.1, 0.15) is 45.2 Å². The zero-order valence-corrected chi connectivity index (χ0v) is 10.7. The first kappa shape index (κ1) is 13.4. The number of hydrogen-bond donors (Lipinski definition) is 2. The van der Waals surface area contributed by atoms with Crippen LogP contribution in [0.2, 0.25) is 0 Å². The minimum absolute atomic E-state index is 0.164. The Balaban J connectivity index is 2.75. The van der Waals surface area contributed by atoms with Crippen LogP contribution in [0, 0.1) is 6.92 Å². The van der Waals surface area contributed by atoms with Crippen LogP contribution in [0.5, 0.6) is 0 Å². The Morgan fingerprint density at radius 3 is 2.59 bits per heavy atom. The lowest BCUT2D eigenvalue weighted by Gasteiger charge is -2.05. The molecule has 0 bridgehead atoms. The summed E-state index contributed by atoms with van der Waals surface area (Å²) >= 11 is 0.